The molecule has 0 aliphatic heterocycles. The predicted molar refractivity (Wildman–Crippen MR) is 64.0 cm³/mol. The van der Waals surface area contributed by atoms with Gasteiger partial charge in [0.05, 0.1) is 0 Å². The average molecular weight is 247 g/mol. The van der Waals surface area contributed by atoms with Crippen LogP contribution in [0.1, 0.15) is 20.8 Å². The molecule has 1 rings (SSSR count). The van der Waals surface area contributed by atoms with Crippen molar-refractivity contribution in [3.05, 3.63) is 36.4 Å². The van der Waals surface area contributed by atoms with Crippen LogP contribution in [0.5, 0.6) is 0 Å². The quantitative estimate of drug-likeness (QED) is 0.768. The Hall–Kier alpha value is -0.910. The summed E-state index contributed by atoms with van der Waals surface area (Å²) in [5.74, 6) is -0.719. The first-order valence-electron chi connectivity index (χ1n) is 5.07. The maximum absolute atomic E-state index is 9.71. The Balaban J connectivity index is 0. The van der Waals surface area contributed by atoms with Crippen LogP contribution < -0.4 is 0 Å². The number of hydrogen-bond acceptors (Lipinski definition) is 4. The molecule has 0 aliphatic carbocycles. The van der Waals surface area contributed by atoms with Gasteiger partial charge in [0, 0.05) is 6.61 Å². The van der Waals surface area contributed by atoms with E-state index in [1.807, 2.05) is 50.2 Å². The molecule has 16 heavy (non-hydrogen) atoms. The van der Waals surface area contributed by atoms with Crippen molar-refractivity contribution in [2.24, 2.45) is 0 Å². The third-order valence-electron chi connectivity index (χ3n) is 1.10. The Bertz CT molecular complexity index is 281. The van der Waals surface area contributed by atoms with E-state index in [0.29, 0.717) is 0 Å². The summed E-state index contributed by atoms with van der Waals surface area (Å²) in [7, 11) is -4.16. The van der Waals surface area contributed by atoms with E-state index in [2.05, 4.69) is 4.74 Å². The first-order chi connectivity index (χ1) is 7.56. The van der Waals surface area contributed by atoms with Gasteiger partial charge in [-0.3, -0.25) is 0 Å². The summed E-state index contributed by atoms with van der Waals surface area (Å²) in [5, 5.41) is 0. The molecule has 0 saturated heterocycles. The minimum atomic E-state index is -4.16. The molecule has 0 aromatic heterocycles. The number of hydrogen-bond donors (Lipinski definition) is 0. The van der Waals surface area contributed by atoms with Gasteiger partial charge in [-0.25, -0.2) is 8.42 Å². The second-order valence-electron chi connectivity index (χ2n) is 2.32. The molecule has 0 saturated carbocycles. The highest BCUT2D eigenvalue weighted by molar-refractivity contribution is 7.85. The Morgan fingerprint density at radius 2 is 1.31 bits per heavy atom. The van der Waals surface area contributed by atoms with Crippen molar-refractivity contribution >= 4 is 10.1 Å². The van der Waals surface area contributed by atoms with Crippen LogP contribution in [0.4, 0.5) is 0 Å². The Morgan fingerprint density at radius 3 is 1.44 bits per heavy atom. The van der Waals surface area contributed by atoms with Crippen LogP contribution in [0.2, 0.25) is 0 Å². The van der Waals surface area contributed by atoms with E-state index in [9.17, 15) is 13.0 Å². The molecule has 0 unspecified atom stereocenters. The molecule has 4 nitrogen and oxygen atoms in total. The van der Waals surface area contributed by atoms with Crippen molar-refractivity contribution < 1.29 is 17.7 Å². The fourth-order valence-corrected chi connectivity index (χ4v) is 0.941. The lowest BCUT2D eigenvalue weighted by Gasteiger charge is -2.04. The van der Waals surface area contributed by atoms with Crippen LogP contribution in [0.3, 0.4) is 0 Å². The molecular weight excluding hydrogens is 228 g/mol. The molecule has 0 spiro atoms. The first-order valence-corrected chi connectivity index (χ1v) is 6.65. The minimum Gasteiger partial charge on any atom is -0.746 e. The Kier molecular flexibility index (Phi) is 13.3. The van der Waals surface area contributed by atoms with E-state index >= 15 is 0 Å². The second kappa shape index (κ2) is 12.2. The minimum absolute atomic E-state index is 0.251. The lowest BCUT2D eigenvalue weighted by atomic mass is 10.4. The molecule has 0 heterocycles. The van der Waals surface area contributed by atoms with Gasteiger partial charge >= 0.3 is 0 Å². The van der Waals surface area contributed by atoms with Crippen molar-refractivity contribution in [1.82, 2.24) is 0 Å². The normalized spacial score (nSPS) is 9.25. The highest BCUT2D eigenvalue weighted by atomic mass is 32.2. The first kappa shape index (κ1) is 17.5. The van der Waals surface area contributed by atoms with Crippen molar-refractivity contribution in [1.29, 1.82) is 0 Å². The fraction of sp³-hybridized carbons (Fsp3) is 0.455. The maximum Gasteiger partial charge on any atom is 0.136 e. The summed E-state index contributed by atoms with van der Waals surface area (Å²) in [5.41, 5.74) is 0. The lowest BCUT2D eigenvalue weighted by molar-refractivity contribution is 0.184. The number of benzene rings is 1. The molecule has 94 valence electrons. The summed E-state index contributed by atoms with van der Waals surface area (Å²) in [6, 6.07) is 12.0. The van der Waals surface area contributed by atoms with Gasteiger partial charge in [0.2, 0.25) is 0 Å². The van der Waals surface area contributed by atoms with Gasteiger partial charge < -0.3 is 9.29 Å². The molecule has 0 amide bonds. The van der Waals surface area contributed by atoms with Gasteiger partial charge in [-0.05, 0) is 6.92 Å². The topological polar surface area (TPSA) is 66.4 Å². The summed E-state index contributed by atoms with van der Waals surface area (Å²) < 4.78 is 33.4. The van der Waals surface area contributed by atoms with E-state index < -0.39 is 16.1 Å². The van der Waals surface area contributed by atoms with Crippen molar-refractivity contribution in [3.63, 3.8) is 0 Å². The molecular formula is C11H19O4S-. The second-order valence-corrected chi connectivity index (χ2v) is 3.67. The number of ether oxygens (including phenoxy) is 1. The fourth-order valence-electron chi connectivity index (χ4n) is 0.570. The molecule has 0 aliphatic rings. The van der Waals surface area contributed by atoms with E-state index in [-0.39, 0.29) is 6.61 Å². The van der Waals surface area contributed by atoms with Crippen LogP contribution in [0.25, 0.3) is 0 Å². The van der Waals surface area contributed by atoms with Crippen LogP contribution in [0.15, 0.2) is 36.4 Å². The zero-order valence-electron chi connectivity index (χ0n) is 9.92. The van der Waals surface area contributed by atoms with Gasteiger partial charge in [-0.1, -0.05) is 50.2 Å². The van der Waals surface area contributed by atoms with Crippen molar-refractivity contribution in [2.75, 3.05) is 12.5 Å². The summed E-state index contributed by atoms with van der Waals surface area (Å²) in [4.78, 5) is 0. The van der Waals surface area contributed by atoms with Gasteiger partial charge in [-0.15, -0.1) is 0 Å². The summed E-state index contributed by atoms with van der Waals surface area (Å²) in [6.45, 7) is 5.87. The average Bonchev–Trinajstić information content (AvgIpc) is 2.31. The zero-order valence-corrected chi connectivity index (χ0v) is 10.7. The van der Waals surface area contributed by atoms with E-state index in [4.69, 9.17) is 0 Å². The van der Waals surface area contributed by atoms with E-state index in [0.717, 1.165) is 0 Å². The molecule has 1 aromatic rings. The van der Waals surface area contributed by atoms with Crippen LogP contribution >= 0.6 is 0 Å². The molecule has 1 aromatic carbocycles. The SMILES string of the molecule is CC.CCOCS(=O)(=O)[O-].c1ccccc1. The Labute approximate surface area is 98.0 Å². The monoisotopic (exact) mass is 247 g/mol. The third kappa shape index (κ3) is 18.8. The molecule has 0 radical (unpaired) electrons. The highest BCUT2D eigenvalue weighted by Crippen LogP contribution is 1.81. The predicted octanol–water partition coefficient (Wildman–Crippen LogP) is 2.24. The van der Waals surface area contributed by atoms with Gasteiger partial charge in [0.25, 0.3) is 0 Å². The smallest absolute Gasteiger partial charge is 0.136 e. The van der Waals surface area contributed by atoms with Crippen LogP contribution in [-0.2, 0) is 14.9 Å². The summed E-state index contributed by atoms with van der Waals surface area (Å²) >= 11 is 0. The van der Waals surface area contributed by atoms with E-state index in [1.165, 1.54) is 0 Å². The van der Waals surface area contributed by atoms with Crippen molar-refractivity contribution in [3.8, 4) is 0 Å². The third-order valence-corrected chi connectivity index (χ3v) is 1.55. The highest BCUT2D eigenvalue weighted by Gasteiger charge is 1.89. The zero-order chi connectivity index (χ0) is 12.9. The molecule has 0 fully saturated rings. The standard InChI is InChI=1S/C6H6.C3H8O4S.C2H6/c1-2-4-6-5-3-1;1-2-7-3-8(4,5)6;1-2/h1-6H;2-3H2,1H3,(H,4,5,6);1-2H3/p-1. The Morgan fingerprint density at radius 1 is 1.00 bits per heavy atom. The molecule has 5 heteroatoms. The van der Waals surface area contributed by atoms with Crippen LogP contribution in [-0.4, -0.2) is 25.5 Å². The molecule has 0 N–H and O–H groups in total. The van der Waals surface area contributed by atoms with Gasteiger partial charge in [-0.2, -0.15) is 0 Å². The van der Waals surface area contributed by atoms with Gasteiger partial charge in [0.15, 0.2) is 0 Å². The maximum atomic E-state index is 9.71. The lowest BCUT2D eigenvalue weighted by Crippen LogP contribution is -2.07. The largest absolute Gasteiger partial charge is 0.746 e. The van der Waals surface area contributed by atoms with Crippen LogP contribution in [0, 0.1) is 0 Å². The molecule has 0 atom stereocenters. The van der Waals surface area contributed by atoms with Gasteiger partial charge in [0.1, 0.15) is 16.1 Å². The summed E-state index contributed by atoms with van der Waals surface area (Å²) in [6.07, 6.45) is 0. The number of rotatable bonds is 3. The van der Waals surface area contributed by atoms with Crippen molar-refractivity contribution in [2.45, 2.75) is 20.8 Å². The molecule has 0 bridgehead atoms. The van der Waals surface area contributed by atoms with E-state index in [1.54, 1.807) is 6.92 Å².